The van der Waals surface area contributed by atoms with E-state index in [-0.39, 0.29) is 17.7 Å². The first kappa shape index (κ1) is 16.3. The molecule has 1 fully saturated rings. The number of likely N-dealkylation sites (tertiary alicyclic amines) is 1. The van der Waals surface area contributed by atoms with Crippen LogP contribution in [0.15, 0.2) is 24.3 Å². The van der Waals surface area contributed by atoms with Gasteiger partial charge in [-0.15, -0.1) is 0 Å². The Bertz CT molecular complexity index is 628. The Balaban J connectivity index is 2.14. The summed E-state index contributed by atoms with van der Waals surface area (Å²) in [4.78, 5) is 36.9. The van der Waals surface area contributed by atoms with Crippen LogP contribution in [0.1, 0.15) is 19.4 Å². The van der Waals surface area contributed by atoms with E-state index in [1.807, 2.05) is 0 Å². The fraction of sp³-hybridized carbons (Fsp3) is 0.400. The molecule has 7 heteroatoms. The summed E-state index contributed by atoms with van der Waals surface area (Å²) in [5.74, 6) is -1.39. The molecule has 1 heterocycles. The molecule has 6 nitrogen and oxygen atoms in total. The Morgan fingerprint density at radius 3 is 2.50 bits per heavy atom. The summed E-state index contributed by atoms with van der Waals surface area (Å²) in [6.07, 6.45) is 0. The lowest BCUT2D eigenvalue weighted by molar-refractivity contribution is -0.144. The van der Waals surface area contributed by atoms with Crippen LogP contribution in [0.3, 0.4) is 0 Å². The molecule has 22 heavy (non-hydrogen) atoms. The predicted molar refractivity (Wildman–Crippen MR) is 81.9 cm³/mol. The van der Waals surface area contributed by atoms with Crippen molar-refractivity contribution in [3.8, 4) is 0 Å². The van der Waals surface area contributed by atoms with Crippen LogP contribution in [0.4, 0.5) is 0 Å². The third-order valence-electron chi connectivity index (χ3n) is 3.97. The van der Waals surface area contributed by atoms with Gasteiger partial charge in [-0.3, -0.25) is 14.4 Å². The van der Waals surface area contributed by atoms with E-state index >= 15 is 0 Å². The summed E-state index contributed by atoms with van der Waals surface area (Å²) in [5, 5.41) is 3.14. The highest BCUT2D eigenvalue weighted by Gasteiger charge is 2.40. The molecule has 0 bridgehead atoms. The van der Waals surface area contributed by atoms with E-state index in [1.54, 1.807) is 36.1 Å². The van der Waals surface area contributed by atoms with Crippen molar-refractivity contribution in [3.05, 3.63) is 34.9 Å². The Hall–Kier alpha value is -2.08. The number of nitrogens with zero attached hydrogens (tertiary/aromatic N) is 1. The molecule has 0 radical (unpaired) electrons. The molecular weight excluding hydrogens is 306 g/mol. The number of carbonyl (C=O) groups is 3. The van der Waals surface area contributed by atoms with Crippen molar-refractivity contribution in [2.24, 2.45) is 11.7 Å². The number of benzene rings is 1. The average molecular weight is 324 g/mol. The summed E-state index contributed by atoms with van der Waals surface area (Å²) >= 11 is 5.94. The minimum atomic E-state index is -1.35. The van der Waals surface area contributed by atoms with Crippen molar-refractivity contribution in [2.45, 2.75) is 19.4 Å². The normalized spacial score (nSPS) is 17.3. The first-order valence-electron chi connectivity index (χ1n) is 6.87. The molecular formula is C15H18ClN3O3. The van der Waals surface area contributed by atoms with Crippen LogP contribution >= 0.6 is 11.6 Å². The molecule has 1 unspecified atom stereocenters. The number of nitrogens with one attached hydrogen (secondary N) is 1. The Morgan fingerprint density at radius 1 is 1.36 bits per heavy atom. The van der Waals surface area contributed by atoms with Gasteiger partial charge in [0.2, 0.25) is 17.7 Å². The van der Waals surface area contributed by atoms with Gasteiger partial charge in [-0.05, 0) is 24.6 Å². The van der Waals surface area contributed by atoms with Gasteiger partial charge in [0, 0.05) is 25.0 Å². The van der Waals surface area contributed by atoms with Gasteiger partial charge in [0.25, 0.3) is 0 Å². The maximum Gasteiger partial charge on any atom is 0.247 e. The predicted octanol–water partition coefficient (Wildman–Crippen LogP) is 0.635. The first-order valence-corrected chi connectivity index (χ1v) is 7.25. The maximum absolute atomic E-state index is 12.3. The fourth-order valence-corrected chi connectivity index (χ4v) is 2.52. The molecule has 3 amide bonds. The molecule has 1 aliphatic rings. The van der Waals surface area contributed by atoms with Crippen molar-refractivity contribution in [1.82, 2.24) is 10.2 Å². The number of carbonyl (C=O) groups excluding carboxylic acids is 3. The number of nitrogens with two attached hydrogens (primary N) is 1. The van der Waals surface area contributed by atoms with Crippen molar-refractivity contribution in [2.75, 3.05) is 13.1 Å². The van der Waals surface area contributed by atoms with Crippen LogP contribution in [0.2, 0.25) is 5.02 Å². The molecule has 118 valence electrons. The maximum atomic E-state index is 12.3. The van der Waals surface area contributed by atoms with Crippen LogP contribution < -0.4 is 11.1 Å². The molecule has 1 atom stereocenters. The third-order valence-corrected chi connectivity index (χ3v) is 4.20. The fourth-order valence-electron chi connectivity index (χ4n) is 2.33. The number of rotatable bonds is 4. The highest BCUT2D eigenvalue weighted by molar-refractivity contribution is 6.30. The summed E-state index contributed by atoms with van der Waals surface area (Å²) in [6.45, 7) is 3.70. The SMILES string of the molecule is CC(=O)N1CC(C(=O)NC(C)(C(N)=O)c2cccc(Cl)c2)C1. The quantitative estimate of drug-likeness (QED) is 0.851. The number of hydrogen-bond acceptors (Lipinski definition) is 3. The van der Waals surface area contributed by atoms with E-state index < -0.39 is 11.4 Å². The molecule has 1 aliphatic heterocycles. The van der Waals surface area contributed by atoms with Crippen molar-refractivity contribution >= 4 is 29.3 Å². The number of halogens is 1. The topological polar surface area (TPSA) is 92.5 Å². The van der Waals surface area contributed by atoms with Crippen molar-refractivity contribution in [3.63, 3.8) is 0 Å². The van der Waals surface area contributed by atoms with Crippen LogP contribution in [0.25, 0.3) is 0 Å². The van der Waals surface area contributed by atoms with Crippen LogP contribution in [0.5, 0.6) is 0 Å². The standard InChI is InChI=1S/C15H18ClN3O3/c1-9(20)19-7-10(8-19)13(21)18-15(2,14(17)22)11-4-3-5-12(16)6-11/h3-6,10H,7-8H2,1-2H3,(H2,17,22)(H,18,21). The van der Waals surface area contributed by atoms with Gasteiger partial charge >= 0.3 is 0 Å². The number of primary amides is 1. The number of hydrogen-bond donors (Lipinski definition) is 2. The van der Waals surface area contributed by atoms with Crippen LogP contribution in [-0.4, -0.2) is 35.7 Å². The largest absolute Gasteiger partial charge is 0.367 e. The third kappa shape index (κ3) is 3.06. The number of amides is 3. The molecule has 3 N–H and O–H groups in total. The molecule has 0 aliphatic carbocycles. The summed E-state index contributed by atoms with van der Waals surface area (Å²) in [5.41, 5.74) is 4.64. The Labute approximate surface area is 133 Å². The lowest BCUT2D eigenvalue weighted by atomic mass is 9.89. The van der Waals surface area contributed by atoms with Gasteiger partial charge in [-0.2, -0.15) is 0 Å². The zero-order chi connectivity index (χ0) is 16.5. The Kier molecular flexibility index (Phi) is 4.42. The van der Waals surface area contributed by atoms with Gasteiger partial charge in [0.05, 0.1) is 5.92 Å². The minimum Gasteiger partial charge on any atom is -0.367 e. The zero-order valence-electron chi connectivity index (χ0n) is 12.4. The second kappa shape index (κ2) is 5.96. The highest BCUT2D eigenvalue weighted by Crippen LogP contribution is 2.25. The van der Waals surface area contributed by atoms with E-state index in [0.717, 1.165) is 0 Å². The molecule has 0 saturated carbocycles. The second-order valence-electron chi connectivity index (χ2n) is 5.61. The molecule has 0 spiro atoms. The highest BCUT2D eigenvalue weighted by atomic mass is 35.5. The monoisotopic (exact) mass is 323 g/mol. The van der Waals surface area contributed by atoms with Crippen molar-refractivity contribution in [1.29, 1.82) is 0 Å². The minimum absolute atomic E-state index is 0.0726. The first-order chi connectivity index (χ1) is 10.2. The summed E-state index contributed by atoms with van der Waals surface area (Å²) in [7, 11) is 0. The molecule has 2 rings (SSSR count). The van der Waals surface area contributed by atoms with Gasteiger partial charge in [-0.25, -0.2) is 0 Å². The summed E-state index contributed by atoms with van der Waals surface area (Å²) in [6, 6.07) is 6.63. The van der Waals surface area contributed by atoms with Gasteiger partial charge < -0.3 is 16.0 Å². The van der Waals surface area contributed by atoms with Crippen LogP contribution in [0, 0.1) is 5.92 Å². The summed E-state index contributed by atoms with van der Waals surface area (Å²) < 4.78 is 0. The van der Waals surface area contributed by atoms with Gasteiger partial charge in [0.15, 0.2) is 0 Å². The lowest BCUT2D eigenvalue weighted by Gasteiger charge is -2.39. The van der Waals surface area contributed by atoms with E-state index in [1.165, 1.54) is 6.92 Å². The lowest BCUT2D eigenvalue weighted by Crippen LogP contribution is -2.60. The average Bonchev–Trinajstić information content (AvgIpc) is 2.35. The van der Waals surface area contributed by atoms with Gasteiger partial charge in [0.1, 0.15) is 5.54 Å². The zero-order valence-corrected chi connectivity index (χ0v) is 13.2. The molecule has 1 aromatic carbocycles. The molecule has 1 aromatic rings. The van der Waals surface area contributed by atoms with Crippen LogP contribution in [-0.2, 0) is 19.9 Å². The van der Waals surface area contributed by atoms with E-state index in [9.17, 15) is 14.4 Å². The van der Waals surface area contributed by atoms with Crippen molar-refractivity contribution < 1.29 is 14.4 Å². The Morgan fingerprint density at radius 2 is 2.00 bits per heavy atom. The molecule has 0 aromatic heterocycles. The molecule has 1 saturated heterocycles. The van der Waals surface area contributed by atoms with E-state index in [0.29, 0.717) is 23.7 Å². The van der Waals surface area contributed by atoms with E-state index in [4.69, 9.17) is 17.3 Å². The van der Waals surface area contributed by atoms with Gasteiger partial charge in [-0.1, -0.05) is 23.7 Å². The smallest absolute Gasteiger partial charge is 0.247 e. The van der Waals surface area contributed by atoms with E-state index in [2.05, 4.69) is 5.32 Å². The second-order valence-corrected chi connectivity index (χ2v) is 6.05.